The molecule has 0 fully saturated rings. The van der Waals surface area contributed by atoms with Gasteiger partial charge in [-0.05, 0) is 23.8 Å². The minimum Gasteiger partial charge on any atom is -0.258 e. The third-order valence-corrected chi connectivity index (χ3v) is 2.74. The van der Waals surface area contributed by atoms with Crippen molar-refractivity contribution in [3.8, 4) is 11.1 Å². The summed E-state index contributed by atoms with van der Waals surface area (Å²) >= 11 is 0. The van der Waals surface area contributed by atoms with Gasteiger partial charge in [-0.1, -0.05) is 23.4 Å². The minimum atomic E-state index is -0.387. The van der Waals surface area contributed by atoms with Crippen LogP contribution in [0.5, 0.6) is 0 Å². The molecule has 0 aliphatic carbocycles. The number of hydrogen-bond acceptors (Lipinski definition) is 4. The number of benzene rings is 2. The number of H-pyrrole nitrogens is 1. The molecule has 6 heteroatoms. The molecule has 0 aliphatic heterocycles. The molecule has 0 saturated carbocycles. The van der Waals surface area contributed by atoms with Gasteiger partial charge in [0.1, 0.15) is 5.52 Å². The number of nitro groups is 1. The lowest BCUT2D eigenvalue weighted by Gasteiger charge is -2.02. The Morgan fingerprint density at radius 3 is 2.83 bits per heavy atom. The van der Waals surface area contributed by atoms with Crippen molar-refractivity contribution in [2.24, 2.45) is 0 Å². The molecular weight excluding hydrogens is 232 g/mol. The fourth-order valence-corrected chi connectivity index (χ4v) is 1.89. The summed E-state index contributed by atoms with van der Waals surface area (Å²) in [7, 11) is 0. The zero-order valence-electron chi connectivity index (χ0n) is 9.20. The summed E-state index contributed by atoms with van der Waals surface area (Å²) in [6.45, 7) is 0. The lowest BCUT2D eigenvalue weighted by molar-refractivity contribution is -0.384. The van der Waals surface area contributed by atoms with Crippen LogP contribution in [0, 0.1) is 10.1 Å². The van der Waals surface area contributed by atoms with E-state index in [2.05, 4.69) is 15.4 Å². The number of hydrogen-bond donors (Lipinski definition) is 1. The summed E-state index contributed by atoms with van der Waals surface area (Å²) in [6.07, 6.45) is 0. The first kappa shape index (κ1) is 10.4. The van der Waals surface area contributed by atoms with Gasteiger partial charge in [0.15, 0.2) is 0 Å². The predicted molar refractivity (Wildman–Crippen MR) is 66.0 cm³/mol. The van der Waals surface area contributed by atoms with Gasteiger partial charge in [-0.25, -0.2) is 0 Å². The Balaban J connectivity index is 2.22. The second-order valence-corrected chi connectivity index (χ2v) is 3.82. The second kappa shape index (κ2) is 3.92. The molecule has 6 nitrogen and oxygen atoms in total. The molecule has 0 saturated heterocycles. The number of nitro benzene ring substituents is 1. The Morgan fingerprint density at radius 2 is 2.00 bits per heavy atom. The van der Waals surface area contributed by atoms with Gasteiger partial charge in [-0.2, -0.15) is 0 Å². The highest BCUT2D eigenvalue weighted by Gasteiger charge is 2.14. The number of fused-ring (bicyclic) bond motifs is 1. The molecule has 0 spiro atoms. The maximum atomic E-state index is 11.0. The van der Waals surface area contributed by atoms with E-state index < -0.39 is 0 Å². The second-order valence-electron chi connectivity index (χ2n) is 3.82. The minimum absolute atomic E-state index is 0.0837. The number of aromatic nitrogens is 3. The molecule has 0 radical (unpaired) electrons. The Labute approximate surface area is 101 Å². The monoisotopic (exact) mass is 240 g/mol. The van der Waals surface area contributed by atoms with Gasteiger partial charge >= 0.3 is 0 Å². The van der Waals surface area contributed by atoms with Gasteiger partial charge in [-0.15, -0.1) is 5.10 Å². The molecule has 1 aromatic heterocycles. The first-order valence-corrected chi connectivity index (χ1v) is 5.30. The third-order valence-electron chi connectivity index (χ3n) is 2.74. The molecule has 3 rings (SSSR count). The fraction of sp³-hybridized carbons (Fsp3) is 0. The molecule has 0 aliphatic rings. The maximum absolute atomic E-state index is 11.0. The normalized spacial score (nSPS) is 10.7. The summed E-state index contributed by atoms with van der Waals surface area (Å²) in [6, 6.07) is 12.0. The third kappa shape index (κ3) is 1.60. The highest BCUT2D eigenvalue weighted by atomic mass is 16.6. The van der Waals surface area contributed by atoms with Crippen LogP contribution in [0.25, 0.3) is 22.2 Å². The molecule has 0 bridgehead atoms. The Hall–Kier alpha value is -2.76. The topological polar surface area (TPSA) is 84.7 Å². The molecule has 1 heterocycles. The molecule has 0 atom stereocenters. The SMILES string of the molecule is O=[N+]([O-])c1ccccc1-c1ccc2[nH]nnc2c1. The zero-order chi connectivity index (χ0) is 12.5. The molecule has 1 N–H and O–H groups in total. The molecular formula is C12H8N4O2. The van der Waals surface area contributed by atoms with E-state index in [0.29, 0.717) is 11.1 Å². The smallest absolute Gasteiger partial charge is 0.258 e. The van der Waals surface area contributed by atoms with Crippen LogP contribution in [0.15, 0.2) is 42.5 Å². The van der Waals surface area contributed by atoms with Crippen LogP contribution in [0.3, 0.4) is 0 Å². The summed E-state index contributed by atoms with van der Waals surface area (Å²) < 4.78 is 0. The molecule has 0 amide bonds. The maximum Gasteiger partial charge on any atom is 0.277 e. The van der Waals surface area contributed by atoms with Crippen LogP contribution in [-0.4, -0.2) is 20.3 Å². The van der Waals surface area contributed by atoms with Crippen molar-refractivity contribution in [2.75, 3.05) is 0 Å². The summed E-state index contributed by atoms with van der Waals surface area (Å²) in [4.78, 5) is 10.6. The molecule has 18 heavy (non-hydrogen) atoms. The van der Waals surface area contributed by atoms with Crippen molar-refractivity contribution >= 4 is 16.7 Å². The quantitative estimate of drug-likeness (QED) is 0.551. The van der Waals surface area contributed by atoms with Crippen molar-refractivity contribution in [1.82, 2.24) is 15.4 Å². The molecule has 0 unspecified atom stereocenters. The molecule has 88 valence electrons. The average Bonchev–Trinajstić information content (AvgIpc) is 2.85. The summed E-state index contributed by atoms with van der Waals surface area (Å²) in [5, 5.41) is 21.3. The standard InChI is InChI=1S/C12H8N4O2/c17-16(18)12-4-2-1-3-9(12)8-5-6-10-11(7-8)14-15-13-10/h1-7H,(H,13,14,15). The first-order chi connectivity index (χ1) is 8.75. The van der Waals surface area contributed by atoms with E-state index in [0.717, 1.165) is 11.1 Å². The van der Waals surface area contributed by atoms with E-state index in [1.54, 1.807) is 30.3 Å². The van der Waals surface area contributed by atoms with Gasteiger partial charge < -0.3 is 0 Å². The van der Waals surface area contributed by atoms with Gasteiger partial charge in [0.05, 0.1) is 16.0 Å². The Morgan fingerprint density at radius 1 is 1.17 bits per heavy atom. The zero-order valence-corrected chi connectivity index (χ0v) is 9.20. The summed E-state index contributed by atoms with van der Waals surface area (Å²) in [5.74, 6) is 0. The van der Waals surface area contributed by atoms with Crippen molar-refractivity contribution in [3.63, 3.8) is 0 Å². The predicted octanol–water partition coefficient (Wildman–Crippen LogP) is 2.53. The Bertz CT molecular complexity index is 736. The van der Waals surface area contributed by atoms with Crippen LogP contribution in [0.1, 0.15) is 0 Å². The van der Waals surface area contributed by atoms with Crippen LogP contribution in [-0.2, 0) is 0 Å². The first-order valence-electron chi connectivity index (χ1n) is 5.30. The molecule has 2 aromatic carbocycles. The van der Waals surface area contributed by atoms with Crippen molar-refractivity contribution in [2.45, 2.75) is 0 Å². The van der Waals surface area contributed by atoms with E-state index in [4.69, 9.17) is 0 Å². The van der Waals surface area contributed by atoms with E-state index in [-0.39, 0.29) is 10.6 Å². The average molecular weight is 240 g/mol. The number of para-hydroxylation sites is 1. The van der Waals surface area contributed by atoms with E-state index >= 15 is 0 Å². The number of aromatic amines is 1. The van der Waals surface area contributed by atoms with Crippen molar-refractivity contribution < 1.29 is 4.92 Å². The van der Waals surface area contributed by atoms with Gasteiger partial charge in [-0.3, -0.25) is 15.2 Å². The van der Waals surface area contributed by atoms with E-state index in [9.17, 15) is 10.1 Å². The fourth-order valence-electron chi connectivity index (χ4n) is 1.89. The highest BCUT2D eigenvalue weighted by Crippen LogP contribution is 2.30. The van der Waals surface area contributed by atoms with Crippen LogP contribution in [0.4, 0.5) is 5.69 Å². The largest absolute Gasteiger partial charge is 0.277 e. The number of rotatable bonds is 2. The Kier molecular flexibility index (Phi) is 2.26. The lowest BCUT2D eigenvalue weighted by Crippen LogP contribution is -1.91. The van der Waals surface area contributed by atoms with Crippen molar-refractivity contribution in [3.05, 3.63) is 52.6 Å². The van der Waals surface area contributed by atoms with Crippen molar-refractivity contribution in [1.29, 1.82) is 0 Å². The van der Waals surface area contributed by atoms with Gasteiger partial charge in [0.25, 0.3) is 5.69 Å². The van der Waals surface area contributed by atoms with Crippen LogP contribution < -0.4 is 0 Å². The highest BCUT2D eigenvalue weighted by molar-refractivity contribution is 5.83. The van der Waals surface area contributed by atoms with E-state index in [1.165, 1.54) is 6.07 Å². The lowest BCUT2D eigenvalue weighted by atomic mass is 10.0. The van der Waals surface area contributed by atoms with Gasteiger partial charge in [0.2, 0.25) is 0 Å². The number of nitrogens with one attached hydrogen (secondary N) is 1. The van der Waals surface area contributed by atoms with E-state index in [1.807, 2.05) is 6.07 Å². The summed E-state index contributed by atoms with van der Waals surface area (Å²) in [5.41, 5.74) is 2.90. The van der Waals surface area contributed by atoms with Gasteiger partial charge in [0, 0.05) is 6.07 Å². The number of nitrogens with zero attached hydrogens (tertiary/aromatic N) is 3. The van der Waals surface area contributed by atoms with Crippen LogP contribution in [0.2, 0.25) is 0 Å². The molecule has 3 aromatic rings. The van der Waals surface area contributed by atoms with Crippen LogP contribution >= 0.6 is 0 Å².